The third kappa shape index (κ3) is 3.94. The molecular formula is C15H25Cl2N3OS. The fourth-order valence-corrected chi connectivity index (χ4v) is 4.43. The molecule has 1 N–H and O–H groups in total. The van der Waals surface area contributed by atoms with Crippen LogP contribution in [0.5, 0.6) is 0 Å². The topological polar surface area (TPSA) is 45.2 Å². The quantitative estimate of drug-likeness (QED) is 0.873. The first-order valence-electron chi connectivity index (χ1n) is 7.66. The van der Waals surface area contributed by atoms with Crippen LogP contribution in [-0.4, -0.2) is 41.5 Å². The predicted molar refractivity (Wildman–Crippen MR) is 95.9 cm³/mol. The molecule has 1 aromatic heterocycles. The van der Waals surface area contributed by atoms with Crippen molar-refractivity contribution in [2.24, 2.45) is 0 Å². The van der Waals surface area contributed by atoms with E-state index in [4.69, 9.17) is 0 Å². The van der Waals surface area contributed by atoms with E-state index in [1.165, 1.54) is 30.7 Å². The number of hydrogen-bond donors (Lipinski definition) is 1. The molecule has 0 radical (unpaired) electrons. The van der Waals surface area contributed by atoms with Gasteiger partial charge in [-0.3, -0.25) is 4.79 Å². The minimum absolute atomic E-state index is 0. The second-order valence-electron chi connectivity index (χ2n) is 6.00. The van der Waals surface area contributed by atoms with E-state index in [1.807, 2.05) is 11.8 Å². The summed E-state index contributed by atoms with van der Waals surface area (Å²) >= 11 is 1.64. The van der Waals surface area contributed by atoms with Gasteiger partial charge in [0, 0.05) is 31.6 Å². The lowest BCUT2D eigenvalue weighted by atomic mass is 10.1. The van der Waals surface area contributed by atoms with Gasteiger partial charge in [0.15, 0.2) is 0 Å². The van der Waals surface area contributed by atoms with Crippen LogP contribution in [0.1, 0.15) is 58.9 Å². The summed E-state index contributed by atoms with van der Waals surface area (Å²) in [5.41, 5.74) is 0.924. The third-order valence-electron chi connectivity index (χ3n) is 4.47. The molecule has 1 saturated carbocycles. The Morgan fingerprint density at radius 3 is 2.64 bits per heavy atom. The largest absolute Gasteiger partial charge is 0.333 e. The SMILES string of the molecule is Cc1nc(C2CCCC2)sc1C(=O)N1CCNC[C@H]1C.Cl.Cl. The standard InChI is InChI=1S/C15H23N3OS.2ClH/c1-10-9-16-7-8-18(10)15(19)13-11(2)17-14(20-13)12-5-3-4-6-12;;/h10,12,16H,3-9H2,1-2H3;2*1H/t10-;;/m1../s1. The van der Waals surface area contributed by atoms with Gasteiger partial charge in [-0.1, -0.05) is 12.8 Å². The number of carbonyl (C=O) groups excluding carboxylic acids is 1. The van der Waals surface area contributed by atoms with Crippen LogP contribution in [0, 0.1) is 6.92 Å². The molecule has 0 unspecified atom stereocenters. The Labute approximate surface area is 148 Å². The minimum atomic E-state index is 0. The van der Waals surface area contributed by atoms with Gasteiger partial charge in [-0.25, -0.2) is 4.98 Å². The van der Waals surface area contributed by atoms with Gasteiger partial charge in [0.2, 0.25) is 0 Å². The Morgan fingerprint density at radius 2 is 2.00 bits per heavy atom. The third-order valence-corrected chi connectivity index (χ3v) is 5.78. The van der Waals surface area contributed by atoms with E-state index in [0.717, 1.165) is 30.2 Å². The number of aryl methyl sites for hydroxylation is 1. The number of nitrogens with zero attached hydrogens (tertiary/aromatic N) is 2. The van der Waals surface area contributed by atoms with E-state index in [0.29, 0.717) is 5.92 Å². The highest BCUT2D eigenvalue weighted by Crippen LogP contribution is 2.37. The summed E-state index contributed by atoms with van der Waals surface area (Å²) < 4.78 is 0. The van der Waals surface area contributed by atoms with E-state index < -0.39 is 0 Å². The number of carbonyl (C=O) groups is 1. The Bertz CT molecular complexity index is 503. The van der Waals surface area contributed by atoms with Gasteiger partial charge in [0.05, 0.1) is 10.7 Å². The van der Waals surface area contributed by atoms with Crippen LogP contribution in [0.15, 0.2) is 0 Å². The number of aromatic nitrogens is 1. The van der Waals surface area contributed by atoms with Crippen molar-refractivity contribution in [2.45, 2.75) is 51.5 Å². The van der Waals surface area contributed by atoms with E-state index >= 15 is 0 Å². The molecule has 7 heteroatoms. The van der Waals surface area contributed by atoms with Crippen LogP contribution in [0.3, 0.4) is 0 Å². The van der Waals surface area contributed by atoms with Gasteiger partial charge in [-0.05, 0) is 26.7 Å². The Hall–Kier alpha value is -0.360. The molecular weight excluding hydrogens is 341 g/mol. The minimum Gasteiger partial charge on any atom is -0.333 e. The molecule has 1 saturated heterocycles. The van der Waals surface area contributed by atoms with Crippen molar-refractivity contribution in [1.82, 2.24) is 15.2 Å². The van der Waals surface area contributed by atoms with Crippen LogP contribution < -0.4 is 5.32 Å². The highest BCUT2D eigenvalue weighted by molar-refractivity contribution is 7.13. The molecule has 2 fully saturated rings. The van der Waals surface area contributed by atoms with Gasteiger partial charge >= 0.3 is 0 Å². The molecule has 126 valence electrons. The van der Waals surface area contributed by atoms with Gasteiger partial charge in [0.25, 0.3) is 5.91 Å². The van der Waals surface area contributed by atoms with Crippen LogP contribution >= 0.6 is 36.2 Å². The summed E-state index contributed by atoms with van der Waals surface area (Å²) in [4.78, 5) is 20.3. The molecule has 1 amide bonds. The highest BCUT2D eigenvalue weighted by Gasteiger charge is 2.29. The number of thiazole rings is 1. The van der Waals surface area contributed by atoms with E-state index in [2.05, 4.69) is 17.2 Å². The first-order valence-corrected chi connectivity index (χ1v) is 8.47. The number of nitrogens with one attached hydrogen (secondary N) is 1. The monoisotopic (exact) mass is 365 g/mol. The van der Waals surface area contributed by atoms with E-state index in [-0.39, 0.29) is 36.8 Å². The van der Waals surface area contributed by atoms with E-state index in [9.17, 15) is 4.79 Å². The molecule has 1 aromatic rings. The number of rotatable bonds is 2. The Morgan fingerprint density at radius 1 is 1.32 bits per heavy atom. The fraction of sp³-hybridized carbons (Fsp3) is 0.733. The Balaban J connectivity index is 0.00000121. The predicted octanol–water partition coefficient (Wildman–Crippen LogP) is 3.39. The summed E-state index contributed by atoms with van der Waals surface area (Å²) in [5.74, 6) is 0.777. The second-order valence-corrected chi connectivity index (χ2v) is 7.03. The van der Waals surface area contributed by atoms with Crippen molar-refractivity contribution in [3.8, 4) is 0 Å². The molecule has 2 aliphatic rings. The maximum Gasteiger partial charge on any atom is 0.266 e. The highest BCUT2D eigenvalue weighted by atomic mass is 35.5. The van der Waals surface area contributed by atoms with Crippen molar-refractivity contribution >= 4 is 42.1 Å². The van der Waals surface area contributed by atoms with E-state index in [1.54, 1.807) is 11.3 Å². The number of hydrogen-bond acceptors (Lipinski definition) is 4. The number of amides is 1. The molecule has 22 heavy (non-hydrogen) atoms. The van der Waals surface area contributed by atoms with Gasteiger partial charge in [0.1, 0.15) is 4.88 Å². The zero-order valence-electron chi connectivity index (χ0n) is 13.1. The van der Waals surface area contributed by atoms with Gasteiger partial charge in [-0.15, -0.1) is 36.2 Å². The second kappa shape index (κ2) is 8.48. The zero-order valence-corrected chi connectivity index (χ0v) is 15.6. The van der Waals surface area contributed by atoms with Crippen molar-refractivity contribution in [3.63, 3.8) is 0 Å². The molecule has 0 bridgehead atoms. The summed E-state index contributed by atoms with van der Waals surface area (Å²) in [5, 5.41) is 4.52. The van der Waals surface area contributed by atoms with Crippen LogP contribution in [0.2, 0.25) is 0 Å². The van der Waals surface area contributed by atoms with Crippen molar-refractivity contribution < 1.29 is 4.79 Å². The number of piperazine rings is 1. The molecule has 0 spiro atoms. The van der Waals surface area contributed by atoms with Gasteiger partial charge in [-0.2, -0.15) is 0 Å². The molecule has 1 atom stereocenters. The maximum absolute atomic E-state index is 12.7. The molecule has 3 rings (SSSR count). The lowest BCUT2D eigenvalue weighted by Crippen LogP contribution is -2.52. The smallest absolute Gasteiger partial charge is 0.266 e. The summed E-state index contributed by atoms with van der Waals surface area (Å²) in [6.45, 7) is 6.67. The average molecular weight is 366 g/mol. The van der Waals surface area contributed by atoms with Crippen molar-refractivity contribution in [1.29, 1.82) is 0 Å². The van der Waals surface area contributed by atoms with Crippen LogP contribution in [0.25, 0.3) is 0 Å². The van der Waals surface area contributed by atoms with Crippen LogP contribution in [-0.2, 0) is 0 Å². The molecule has 0 aromatic carbocycles. The normalized spacial score (nSPS) is 22.1. The lowest BCUT2D eigenvalue weighted by Gasteiger charge is -2.33. The molecule has 1 aliphatic heterocycles. The number of halogens is 2. The molecule has 4 nitrogen and oxygen atoms in total. The summed E-state index contributed by atoms with van der Waals surface area (Å²) in [7, 11) is 0. The fourth-order valence-electron chi connectivity index (χ4n) is 3.24. The zero-order chi connectivity index (χ0) is 14.1. The average Bonchev–Trinajstić information content (AvgIpc) is 3.07. The summed E-state index contributed by atoms with van der Waals surface area (Å²) in [6.07, 6.45) is 5.10. The van der Waals surface area contributed by atoms with Gasteiger partial charge < -0.3 is 10.2 Å². The maximum atomic E-state index is 12.7. The first kappa shape index (κ1) is 19.7. The van der Waals surface area contributed by atoms with Crippen molar-refractivity contribution in [3.05, 3.63) is 15.6 Å². The molecule has 2 heterocycles. The van der Waals surface area contributed by atoms with Crippen LogP contribution in [0.4, 0.5) is 0 Å². The molecule has 1 aliphatic carbocycles. The van der Waals surface area contributed by atoms with Crippen molar-refractivity contribution in [2.75, 3.05) is 19.6 Å². The summed E-state index contributed by atoms with van der Waals surface area (Å²) in [6, 6.07) is 0.271. The Kier molecular flexibility index (Phi) is 7.59. The first-order chi connectivity index (χ1) is 9.66. The lowest BCUT2D eigenvalue weighted by molar-refractivity contribution is 0.0660.